The van der Waals surface area contributed by atoms with Crippen molar-refractivity contribution in [1.29, 1.82) is 0 Å². The molecule has 2 N–H and O–H groups in total. The van der Waals surface area contributed by atoms with Crippen molar-refractivity contribution < 1.29 is 4.74 Å². The Hall–Kier alpha value is -2.41. The zero-order chi connectivity index (χ0) is 16.8. The first-order chi connectivity index (χ1) is 11.8. The number of ether oxygens (including phenoxy) is 1. The highest BCUT2D eigenvalue weighted by molar-refractivity contribution is 5.74. The van der Waals surface area contributed by atoms with E-state index in [1.807, 2.05) is 12.1 Å². The van der Waals surface area contributed by atoms with Gasteiger partial charge in [-0.2, -0.15) is 10.1 Å². The van der Waals surface area contributed by atoms with Crippen LogP contribution in [0.5, 0.6) is 0 Å². The SMILES string of the molecule is CCC(C)Nc1nncc(Nc2ccccc2N2CCOCC2)n1. The van der Waals surface area contributed by atoms with E-state index in [9.17, 15) is 0 Å². The van der Waals surface area contributed by atoms with E-state index in [1.54, 1.807) is 6.20 Å². The van der Waals surface area contributed by atoms with Crippen LogP contribution >= 0.6 is 0 Å². The number of nitrogens with zero attached hydrogens (tertiary/aromatic N) is 4. The highest BCUT2D eigenvalue weighted by atomic mass is 16.5. The van der Waals surface area contributed by atoms with Crippen molar-refractivity contribution in [2.24, 2.45) is 0 Å². The number of hydrogen-bond donors (Lipinski definition) is 2. The topological polar surface area (TPSA) is 75.2 Å². The summed E-state index contributed by atoms with van der Waals surface area (Å²) in [5.74, 6) is 1.22. The van der Waals surface area contributed by atoms with E-state index in [4.69, 9.17) is 4.74 Å². The number of benzene rings is 1. The van der Waals surface area contributed by atoms with E-state index in [-0.39, 0.29) is 0 Å². The zero-order valence-corrected chi connectivity index (χ0v) is 14.2. The number of hydrogen-bond acceptors (Lipinski definition) is 7. The van der Waals surface area contributed by atoms with Gasteiger partial charge in [0, 0.05) is 19.1 Å². The molecule has 0 radical (unpaired) electrons. The van der Waals surface area contributed by atoms with E-state index < -0.39 is 0 Å². The second-order valence-corrected chi connectivity index (χ2v) is 5.86. The summed E-state index contributed by atoms with van der Waals surface area (Å²) in [5, 5.41) is 14.7. The van der Waals surface area contributed by atoms with Gasteiger partial charge in [-0.15, -0.1) is 5.10 Å². The molecule has 0 bridgehead atoms. The highest BCUT2D eigenvalue weighted by Crippen LogP contribution is 2.28. The first-order valence-electron chi connectivity index (χ1n) is 8.41. The fraction of sp³-hybridized carbons (Fsp3) is 0.471. The summed E-state index contributed by atoms with van der Waals surface area (Å²) >= 11 is 0. The number of anilines is 4. The van der Waals surface area contributed by atoms with Crippen molar-refractivity contribution >= 4 is 23.1 Å². The fourth-order valence-corrected chi connectivity index (χ4v) is 2.54. The van der Waals surface area contributed by atoms with Crippen LogP contribution in [0.1, 0.15) is 20.3 Å². The molecule has 1 aromatic carbocycles. The quantitative estimate of drug-likeness (QED) is 0.844. The predicted molar refractivity (Wildman–Crippen MR) is 96.0 cm³/mol. The van der Waals surface area contributed by atoms with Crippen LogP contribution in [-0.2, 0) is 4.74 Å². The summed E-state index contributed by atoms with van der Waals surface area (Å²) in [5.41, 5.74) is 2.16. The predicted octanol–water partition coefficient (Wildman–Crippen LogP) is 2.66. The number of nitrogens with one attached hydrogen (secondary N) is 2. The lowest BCUT2D eigenvalue weighted by Gasteiger charge is -2.30. The lowest BCUT2D eigenvalue weighted by atomic mass is 10.2. The molecular weight excluding hydrogens is 304 g/mol. The van der Waals surface area contributed by atoms with Crippen molar-refractivity contribution in [2.45, 2.75) is 26.3 Å². The Kier molecular flexibility index (Phi) is 5.43. The van der Waals surface area contributed by atoms with Gasteiger partial charge in [0.05, 0.1) is 30.8 Å². The molecule has 7 nitrogen and oxygen atoms in total. The molecule has 0 amide bonds. The van der Waals surface area contributed by atoms with Gasteiger partial charge < -0.3 is 20.3 Å². The van der Waals surface area contributed by atoms with Crippen molar-refractivity contribution in [3.8, 4) is 0 Å². The van der Waals surface area contributed by atoms with Crippen molar-refractivity contribution in [2.75, 3.05) is 41.8 Å². The normalized spacial score (nSPS) is 15.8. The van der Waals surface area contributed by atoms with Crippen LogP contribution in [0.2, 0.25) is 0 Å². The van der Waals surface area contributed by atoms with Gasteiger partial charge >= 0.3 is 0 Å². The Morgan fingerprint density at radius 1 is 1.25 bits per heavy atom. The summed E-state index contributed by atoms with van der Waals surface area (Å²) < 4.78 is 5.44. The Morgan fingerprint density at radius 3 is 2.83 bits per heavy atom. The second-order valence-electron chi connectivity index (χ2n) is 5.86. The number of morpholine rings is 1. The largest absolute Gasteiger partial charge is 0.378 e. The number of rotatable bonds is 6. The van der Waals surface area contributed by atoms with Gasteiger partial charge in [-0.05, 0) is 25.5 Å². The van der Waals surface area contributed by atoms with Gasteiger partial charge in [0.25, 0.3) is 0 Å². The number of aromatic nitrogens is 3. The van der Waals surface area contributed by atoms with E-state index >= 15 is 0 Å². The monoisotopic (exact) mass is 328 g/mol. The van der Waals surface area contributed by atoms with Crippen LogP contribution < -0.4 is 15.5 Å². The lowest BCUT2D eigenvalue weighted by molar-refractivity contribution is 0.123. The van der Waals surface area contributed by atoms with Crippen LogP contribution in [0.25, 0.3) is 0 Å². The summed E-state index contributed by atoms with van der Waals surface area (Å²) in [7, 11) is 0. The first kappa shape index (κ1) is 16.4. The Bertz CT molecular complexity index is 659. The lowest BCUT2D eigenvalue weighted by Crippen LogP contribution is -2.36. The Balaban J connectivity index is 1.77. The molecule has 1 atom stereocenters. The maximum atomic E-state index is 5.44. The van der Waals surface area contributed by atoms with Crippen LogP contribution in [-0.4, -0.2) is 47.5 Å². The minimum absolute atomic E-state index is 0.308. The minimum Gasteiger partial charge on any atom is -0.378 e. The smallest absolute Gasteiger partial charge is 0.244 e. The number of para-hydroxylation sites is 2. The molecule has 128 valence electrons. The molecule has 0 saturated carbocycles. The molecule has 3 rings (SSSR count). The van der Waals surface area contributed by atoms with Crippen molar-refractivity contribution in [3.05, 3.63) is 30.5 Å². The Morgan fingerprint density at radius 2 is 2.04 bits per heavy atom. The first-order valence-corrected chi connectivity index (χ1v) is 8.41. The summed E-state index contributed by atoms with van der Waals surface area (Å²) in [6.45, 7) is 7.50. The van der Waals surface area contributed by atoms with Crippen molar-refractivity contribution in [3.63, 3.8) is 0 Å². The van der Waals surface area contributed by atoms with Gasteiger partial charge in [0.15, 0.2) is 5.82 Å². The molecular formula is C17H24N6O. The van der Waals surface area contributed by atoms with Crippen LogP contribution in [0.3, 0.4) is 0 Å². The molecule has 2 heterocycles. The maximum Gasteiger partial charge on any atom is 0.244 e. The van der Waals surface area contributed by atoms with E-state index in [1.165, 1.54) is 0 Å². The molecule has 0 aliphatic carbocycles. The van der Waals surface area contributed by atoms with E-state index in [2.05, 4.69) is 56.7 Å². The summed E-state index contributed by atoms with van der Waals surface area (Å²) in [4.78, 5) is 6.82. The fourth-order valence-electron chi connectivity index (χ4n) is 2.54. The van der Waals surface area contributed by atoms with E-state index in [0.29, 0.717) is 17.8 Å². The molecule has 1 aliphatic heterocycles. The Labute approximate surface area is 142 Å². The van der Waals surface area contributed by atoms with Gasteiger partial charge in [-0.1, -0.05) is 19.1 Å². The molecule has 0 spiro atoms. The maximum absolute atomic E-state index is 5.44. The standard InChI is InChI=1S/C17H24N6O/c1-3-13(2)19-17-21-16(12-18-22-17)20-14-6-4-5-7-15(14)23-8-10-24-11-9-23/h4-7,12-13H,3,8-11H2,1-2H3,(H2,19,20,21,22). The van der Waals surface area contributed by atoms with Gasteiger partial charge in [0.2, 0.25) is 5.95 Å². The molecule has 24 heavy (non-hydrogen) atoms. The molecule has 1 unspecified atom stereocenters. The summed E-state index contributed by atoms with van der Waals surface area (Å²) in [6.07, 6.45) is 2.64. The third-order valence-corrected chi connectivity index (χ3v) is 4.07. The molecule has 1 saturated heterocycles. The summed E-state index contributed by atoms with van der Waals surface area (Å²) in [6, 6.07) is 8.53. The van der Waals surface area contributed by atoms with E-state index in [0.717, 1.165) is 44.1 Å². The average molecular weight is 328 g/mol. The van der Waals surface area contributed by atoms with Crippen LogP contribution in [0.4, 0.5) is 23.1 Å². The molecule has 1 aromatic heterocycles. The second kappa shape index (κ2) is 7.92. The molecule has 1 fully saturated rings. The zero-order valence-electron chi connectivity index (χ0n) is 14.2. The van der Waals surface area contributed by atoms with Crippen molar-refractivity contribution in [1.82, 2.24) is 15.2 Å². The third-order valence-electron chi connectivity index (χ3n) is 4.07. The molecule has 2 aromatic rings. The van der Waals surface area contributed by atoms with Gasteiger partial charge in [0.1, 0.15) is 0 Å². The van der Waals surface area contributed by atoms with Gasteiger partial charge in [-0.25, -0.2) is 0 Å². The van der Waals surface area contributed by atoms with Crippen LogP contribution in [0.15, 0.2) is 30.5 Å². The molecule has 1 aliphatic rings. The highest BCUT2D eigenvalue weighted by Gasteiger charge is 2.15. The molecule has 7 heteroatoms. The third kappa shape index (κ3) is 4.11. The average Bonchev–Trinajstić information content (AvgIpc) is 2.63. The van der Waals surface area contributed by atoms with Crippen LogP contribution in [0, 0.1) is 0 Å². The minimum atomic E-state index is 0.308. The van der Waals surface area contributed by atoms with Gasteiger partial charge in [-0.3, -0.25) is 0 Å².